The van der Waals surface area contributed by atoms with Gasteiger partial charge in [-0.1, -0.05) is 0 Å². The molecule has 0 aliphatic carbocycles. The maximum atomic E-state index is 13.4. The third kappa shape index (κ3) is 4.56. The van der Waals surface area contributed by atoms with Crippen LogP contribution in [0.4, 0.5) is 20.4 Å². The first-order chi connectivity index (χ1) is 14.8. The van der Waals surface area contributed by atoms with Gasteiger partial charge in [-0.05, 0) is 20.9 Å². The molecule has 0 aromatic carbocycles. The van der Waals surface area contributed by atoms with E-state index in [0.717, 1.165) is 53.8 Å². The Morgan fingerprint density at radius 3 is 2.39 bits per heavy atom. The average Bonchev–Trinajstić information content (AvgIpc) is 2.70. The van der Waals surface area contributed by atoms with Crippen LogP contribution in [0.1, 0.15) is 29.7 Å². The van der Waals surface area contributed by atoms with Crippen LogP contribution in [-0.2, 0) is 6.54 Å². The Labute approximate surface area is 182 Å². The Morgan fingerprint density at radius 1 is 1.10 bits per heavy atom. The van der Waals surface area contributed by atoms with Crippen molar-refractivity contribution in [2.45, 2.75) is 45.2 Å². The van der Waals surface area contributed by atoms with Crippen LogP contribution in [0.25, 0.3) is 0 Å². The number of methoxy groups -OCH3 is 1. The molecule has 4 rings (SSSR count). The molecule has 2 aromatic heterocycles. The zero-order valence-electron chi connectivity index (χ0n) is 18.6. The highest BCUT2D eigenvalue weighted by Crippen LogP contribution is 2.31. The number of rotatable bonds is 6. The molecule has 0 radical (unpaired) electrons. The quantitative estimate of drug-likeness (QED) is 0.695. The summed E-state index contributed by atoms with van der Waals surface area (Å²) in [5.74, 6) is -0.0872. The number of likely N-dealkylation sites (N-methyl/N-ethyl adjacent to an activating group) is 1. The Bertz CT molecular complexity index is 924. The molecule has 2 aliphatic rings. The summed E-state index contributed by atoms with van der Waals surface area (Å²) in [7, 11) is 3.80. The lowest BCUT2D eigenvalue weighted by molar-refractivity contribution is -0.0221. The molecule has 7 nitrogen and oxygen atoms in total. The fraction of sp³-hybridized carbons (Fsp3) is 0.591. The summed E-state index contributed by atoms with van der Waals surface area (Å²) in [4.78, 5) is 19.7. The first-order valence-electron chi connectivity index (χ1n) is 10.7. The number of aromatic nitrogens is 3. The minimum atomic E-state index is -2.56. The van der Waals surface area contributed by atoms with Gasteiger partial charge in [-0.25, -0.2) is 18.7 Å². The van der Waals surface area contributed by atoms with Gasteiger partial charge in [0.15, 0.2) is 0 Å². The Kier molecular flexibility index (Phi) is 5.96. The number of piperidine rings is 1. The molecule has 168 valence electrons. The van der Waals surface area contributed by atoms with E-state index in [1.165, 1.54) is 6.33 Å². The minimum Gasteiger partial charge on any atom is -0.496 e. The van der Waals surface area contributed by atoms with E-state index in [-0.39, 0.29) is 12.8 Å². The van der Waals surface area contributed by atoms with Gasteiger partial charge >= 0.3 is 0 Å². The number of pyridine rings is 1. The summed E-state index contributed by atoms with van der Waals surface area (Å²) in [5.41, 5.74) is 3.14. The zero-order chi connectivity index (χ0) is 22.2. The molecule has 4 heterocycles. The van der Waals surface area contributed by atoms with Gasteiger partial charge in [-0.15, -0.1) is 0 Å². The summed E-state index contributed by atoms with van der Waals surface area (Å²) < 4.78 is 32.4. The molecule has 0 N–H and O–H groups in total. The molecule has 31 heavy (non-hydrogen) atoms. The Balaban J connectivity index is 1.35. The van der Waals surface area contributed by atoms with Crippen LogP contribution in [0.15, 0.2) is 18.6 Å². The van der Waals surface area contributed by atoms with E-state index in [1.807, 2.05) is 31.0 Å². The second-order valence-corrected chi connectivity index (χ2v) is 8.60. The van der Waals surface area contributed by atoms with Gasteiger partial charge in [-0.2, -0.15) is 0 Å². The van der Waals surface area contributed by atoms with Gasteiger partial charge in [0.05, 0.1) is 12.8 Å². The number of hydrogen-bond acceptors (Lipinski definition) is 7. The normalized spacial score (nSPS) is 18.9. The smallest absolute Gasteiger partial charge is 0.251 e. The maximum absolute atomic E-state index is 13.4. The number of hydrogen-bond donors (Lipinski definition) is 0. The van der Waals surface area contributed by atoms with Crippen LogP contribution < -0.4 is 14.5 Å². The van der Waals surface area contributed by atoms with Crippen molar-refractivity contribution in [2.75, 3.05) is 50.1 Å². The molecule has 0 saturated carbocycles. The topological polar surface area (TPSA) is 57.6 Å². The van der Waals surface area contributed by atoms with Gasteiger partial charge in [0.1, 0.15) is 23.7 Å². The lowest BCUT2D eigenvalue weighted by Gasteiger charge is -2.45. The predicted octanol–water partition coefficient (Wildman–Crippen LogP) is 3.05. The van der Waals surface area contributed by atoms with E-state index in [9.17, 15) is 8.78 Å². The van der Waals surface area contributed by atoms with Crippen LogP contribution in [0, 0.1) is 13.8 Å². The van der Waals surface area contributed by atoms with Crippen LogP contribution in [0.2, 0.25) is 0 Å². The second-order valence-electron chi connectivity index (χ2n) is 8.60. The van der Waals surface area contributed by atoms with Gasteiger partial charge in [0, 0.05) is 75.0 Å². The highest BCUT2D eigenvalue weighted by Gasteiger charge is 2.35. The number of alkyl halides is 2. The van der Waals surface area contributed by atoms with E-state index in [1.54, 1.807) is 7.11 Å². The van der Waals surface area contributed by atoms with Crippen molar-refractivity contribution in [3.63, 3.8) is 0 Å². The second kappa shape index (κ2) is 8.53. The molecule has 2 saturated heterocycles. The highest BCUT2D eigenvalue weighted by molar-refractivity contribution is 5.52. The van der Waals surface area contributed by atoms with Crippen LogP contribution in [0.5, 0.6) is 5.75 Å². The van der Waals surface area contributed by atoms with Gasteiger partial charge in [-0.3, -0.25) is 9.88 Å². The number of anilines is 2. The molecular weight excluding hydrogens is 402 g/mol. The van der Waals surface area contributed by atoms with Crippen molar-refractivity contribution in [3.8, 4) is 5.75 Å². The summed E-state index contributed by atoms with van der Waals surface area (Å²) in [5, 5.41) is 0. The summed E-state index contributed by atoms with van der Waals surface area (Å²) in [6.07, 6.45) is 3.14. The van der Waals surface area contributed by atoms with Crippen molar-refractivity contribution in [2.24, 2.45) is 0 Å². The summed E-state index contributed by atoms with van der Waals surface area (Å²) in [6, 6.07) is 2.30. The lowest BCUT2D eigenvalue weighted by atomic mass is 10.1. The van der Waals surface area contributed by atoms with Crippen molar-refractivity contribution in [1.82, 2.24) is 19.9 Å². The molecule has 9 heteroatoms. The molecule has 2 aliphatic heterocycles. The first-order valence-corrected chi connectivity index (χ1v) is 10.7. The third-order valence-corrected chi connectivity index (χ3v) is 6.42. The van der Waals surface area contributed by atoms with Gasteiger partial charge in [0.25, 0.3) is 5.92 Å². The Morgan fingerprint density at radius 2 is 1.74 bits per heavy atom. The van der Waals surface area contributed by atoms with Crippen molar-refractivity contribution < 1.29 is 13.5 Å². The van der Waals surface area contributed by atoms with Gasteiger partial charge in [0.2, 0.25) is 0 Å². The first kappa shape index (κ1) is 21.7. The third-order valence-electron chi connectivity index (χ3n) is 6.42. The zero-order valence-corrected chi connectivity index (χ0v) is 18.6. The predicted molar refractivity (Wildman–Crippen MR) is 116 cm³/mol. The van der Waals surface area contributed by atoms with Crippen LogP contribution in [0.3, 0.4) is 0 Å². The van der Waals surface area contributed by atoms with Gasteiger partial charge < -0.3 is 14.5 Å². The number of ether oxygens (including phenoxy) is 1. The minimum absolute atomic E-state index is 0.125. The van der Waals surface area contributed by atoms with E-state index in [4.69, 9.17) is 4.74 Å². The molecule has 0 atom stereocenters. The fourth-order valence-electron chi connectivity index (χ4n) is 4.26. The standard InChI is InChI=1S/C22H30F2N6O/c1-15-10-25-18(16(2)21(15)31-4)13-28(3)17-11-30(12-17)20-9-19(26-14-27-20)29-7-5-22(23,24)6-8-29/h9-10,14,17H,5-8,11-13H2,1-4H3. The van der Waals surface area contributed by atoms with E-state index < -0.39 is 5.92 Å². The van der Waals surface area contributed by atoms with E-state index in [0.29, 0.717) is 19.1 Å². The van der Waals surface area contributed by atoms with Crippen molar-refractivity contribution >= 4 is 11.6 Å². The lowest BCUT2D eigenvalue weighted by Crippen LogP contribution is -2.58. The molecule has 2 fully saturated rings. The van der Waals surface area contributed by atoms with Crippen molar-refractivity contribution in [1.29, 1.82) is 0 Å². The molecule has 0 amide bonds. The van der Waals surface area contributed by atoms with Crippen molar-refractivity contribution in [3.05, 3.63) is 35.4 Å². The number of nitrogens with zero attached hydrogens (tertiary/aromatic N) is 6. The fourth-order valence-corrected chi connectivity index (χ4v) is 4.26. The molecular formula is C22H30F2N6O. The average molecular weight is 433 g/mol. The monoisotopic (exact) mass is 432 g/mol. The molecule has 2 aromatic rings. The molecule has 0 spiro atoms. The van der Waals surface area contributed by atoms with E-state index in [2.05, 4.69) is 31.8 Å². The summed E-state index contributed by atoms with van der Waals surface area (Å²) >= 11 is 0. The molecule has 0 unspecified atom stereocenters. The maximum Gasteiger partial charge on any atom is 0.251 e. The Hall–Kier alpha value is -2.55. The van der Waals surface area contributed by atoms with E-state index >= 15 is 0 Å². The molecule has 0 bridgehead atoms. The SMILES string of the molecule is COc1c(C)cnc(CN(C)C2CN(c3cc(N4CCC(F)(F)CC4)ncn3)C2)c1C. The van der Waals surface area contributed by atoms with Crippen LogP contribution >= 0.6 is 0 Å². The number of aryl methyl sites for hydroxylation is 1. The van der Waals surface area contributed by atoms with Crippen LogP contribution in [-0.4, -0.2) is 72.2 Å². The number of halogens is 2. The highest BCUT2D eigenvalue weighted by atomic mass is 19.3. The summed E-state index contributed by atoms with van der Waals surface area (Å²) in [6.45, 7) is 7.15. The largest absolute Gasteiger partial charge is 0.496 e.